The van der Waals surface area contributed by atoms with E-state index in [9.17, 15) is 4.39 Å². The standard InChI is InChI=1S/C14H20FNO/c1-11-6-7-13(17-11)10-16-9-8-12-4-2-3-5-14(12)15/h2-5,11,13,16H,6-10H2,1H3. The summed E-state index contributed by atoms with van der Waals surface area (Å²) >= 11 is 0. The van der Waals surface area contributed by atoms with Crippen molar-refractivity contribution in [2.75, 3.05) is 13.1 Å². The van der Waals surface area contributed by atoms with E-state index in [0.717, 1.165) is 37.9 Å². The van der Waals surface area contributed by atoms with Crippen LogP contribution in [0.15, 0.2) is 24.3 Å². The minimum absolute atomic E-state index is 0.111. The Bertz CT molecular complexity index is 356. The van der Waals surface area contributed by atoms with Crippen LogP contribution in [0.25, 0.3) is 0 Å². The molecule has 1 aromatic rings. The Labute approximate surface area is 102 Å². The van der Waals surface area contributed by atoms with Gasteiger partial charge in [-0.05, 0) is 44.4 Å². The van der Waals surface area contributed by atoms with Crippen LogP contribution < -0.4 is 5.32 Å². The summed E-state index contributed by atoms with van der Waals surface area (Å²) in [5.41, 5.74) is 0.778. The summed E-state index contributed by atoms with van der Waals surface area (Å²) in [5, 5.41) is 3.33. The molecule has 1 aliphatic rings. The SMILES string of the molecule is CC1CCC(CNCCc2ccccc2F)O1. The molecule has 0 spiro atoms. The Hall–Kier alpha value is -0.930. The van der Waals surface area contributed by atoms with Crippen LogP contribution in [0.2, 0.25) is 0 Å². The van der Waals surface area contributed by atoms with E-state index in [-0.39, 0.29) is 5.82 Å². The molecule has 1 heterocycles. The fraction of sp³-hybridized carbons (Fsp3) is 0.571. The van der Waals surface area contributed by atoms with Crippen molar-refractivity contribution >= 4 is 0 Å². The minimum Gasteiger partial charge on any atom is -0.374 e. The first-order valence-electron chi connectivity index (χ1n) is 6.35. The second kappa shape index (κ2) is 6.12. The largest absolute Gasteiger partial charge is 0.374 e. The van der Waals surface area contributed by atoms with Crippen molar-refractivity contribution in [2.45, 2.75) is 38.4 Å². The normalized spacial score (nSPS) is 24.1. The van der Waals surface area contributed by atoms with Gasteiger partial charge in [0.05, 0.1) is 12.2 Å². The van der Waals surface area contributed by atoms with E-state index in [1.54, 1.807) is 6.07 Å². The Balaban J connectivity index is 1.65. The van der Waals surface area contributed by atoms with E-state index >= 15 is 0 Å². The lowest BCUT2D eigenvalue weighted by atomic mass is 10.1. The van der Waals surface area contributed by atoms with Crippen LogP contribution in [-0.2, 0) is 11.2 Å². The summed E-state index contributed by atoms with van der Waals surface area (Å²) in [6.07, 6.45) is 3.75. The zero-order valence-corrected chi connectivity index (χ0v) is 10.3. The molecule has 1 saturated heterocycles. The monoisotopic (exact) mass is 237 g/mol. The van der Waals surface area contributed by atoms with Gasteiger partial charge in [-0.1, -0.05) is 18.2 Å². The Morgan fingerprint density at radius 2 is 2.18 bits per heavy atom. The zero-order chi connectivity index (χ0) is 12.1. The summed E-state index contributed by atoms with van der Waals surface area (Å²) in [4.78, 5) is 0. The molecule has 0 aliphatic carbocycles. The van der Waals surface area contributed by atoms with Gasteiger partial charge in [0.1, 0.15) is 5.82 Å². The molecule has 0 bridgehead atoms. The molecule has 1 fully saturated rings. The van der Waals surface area contributed by atoms with Crippen LogP contribution in [0.3, 0.4) is 0 Å². The lowest BCUT2D eigenvalue weighted by Crippen LogP contribution is -2.28. The van der Waals surface area contributed by atoms with E-state index in [2.05, 4.69) is 12.2 Å². The fourth-order valence-electron chi connectivity index (χ4n) is 2.22. The van der Waals surface area contributed by atoms with Gasteiger partial charge in [0, 0.05) is 6.54 Å². The van der Waals surface area contributed by atoms with Crippen molar-refractivity contribution in [3.63, 3.8) is 0 Å². The van der Waals surface area contributed by atoms with Crippen LogP contribution in [-0.4, -0.2) is 25.3 Å². The number of rotatable bonds is 5. The molecule has 2 unspecified atom stereocenters. The second-order valence-electron chi connectivity index (χ2n) is 4.69. The smallest absolute Gasteiger partial charge is 0.126 e. The fourth-order valence-corrected chi connectivity index (χ4v) is 2.22. The number of ether oxygens (including phenoxy) is 1. The van der Waals surface area contributed by atoms with E-state index in [1.807, 2.05) is 12.1 Å². The third-order valence-electron chi connectivity index (χ3n) is 3.22. The van der Waals surface area contributed by atoms with Gasteiger partial charge < -0.3 is 10.1 Å². The highest BCUT2D eigenvalue weighted by Gasteiger charge is 2.20. The van der Waals surface area contributed by atoms with Crippen molar-refractivity contribution in [1.29, 1.82) is 0 Å². The molecule has 1 N–H and O–H groups in total. The Morgan fingerprint density at radius 1 is 1.35 bits per heavy atom. The number of hydrogen-bond acceptors (Lipinski definition) is 2. The second-order valence-corrected chi connectivity index (χ2v) is 4.69. The van der Waals surface area contributed by atoms with Crippen LogP contribution in [0.5, 0.6) is 0 Å². The van der Waals surface area contributed by atoms with Crippen molar-refractivity contribution in [2.24, 2.45) is 0 Å². The predicted octanol–water partition coefficient (Wildman–Crippen LogP) is 2.53. The molecule has 94 valence electrons. The summed E-state index contributed by atoms with van der Waals surface area (Å²) in [5.74, 6) is -0.111. The molecule has 2 rings (SSSR count). The molecule has 2 atom stereocenters. The highest BCUT2D eigenvalue weighted by atomic mass is 19.1. The van der Waals surface area contributed by atoms with E-state index in [1.165, 1.54) is 6.07 Å². The zero-order valence-electron chi connectivity index (χ0n) is 10.3. The van der Waals surface area contributed by atoms with E-state index in [0.29, 0.717) is 12.2 Å². The molecule has 17 heavy (non-hydrogen) atoms. The van der Waals surface area contributed by atoms with Crippen molar-refractivity contribution in [3.8, 4) is 0 Å². The highest BCUT2D eigenvalue weighted by molar-refractivity contribution is 5.17. The average Bonchev–Trinajstić information content (AvgIpc) is 2.73. The maximum Gasteiger partial charge on any atom is 0.126 e. The summed E-state index contributed by atoms with van der Waals surface area (Å²) in [6.45, 7) is 3.79. The summed E-state index contributed by atoms with van der Waals surface area (Å²) < 4.78 is 19.0. The Kier molecular flexibility index (Phi) is 4.51. The third-order valence-corrected chi connectivity index (χ3v) is 3.22. The number of halogens is 1. The first-order chi connectivity index (χ1) is 8.25. The molecule has 3 heteroatoms. The van der Waals surface area contributed by atoms with Gasteiger partial charge in [0.2, 0.25) is 0 Å². The lowest BCUT2D eigenvalue weighted by molar-refractivity contribution is 0.0562. The van der Waals surface area contributed by atoms with Gasteiger partial charge in [0.25, 0.3) is 0 Å². The van der Waals surface area contributed by atoms with E-state index < -0.39 is 0 Å². The molecular formula is C14H20FNO. The number of nitrogens with one attached hydrogen (secondary N) is 1. The topological polar surface area (TPSA) is 21.3 Å². The average molecular weight is 237 g/mol. The molecule has 1 aromatic carbocycles. The first kappa shape index (κ1) is 12.5. The van der Waals surface area contributed by atoms with Crippen molar-refractivity contribution < 1.29 is 9.13 Å². The quantitative estimate of drug-likeness (QED) is 0.795. The summed E-state index contributed by atoms with van der Waals surface area (Å²) in [7, 11) is 0. The van der Waals surface area contributed by atoms with Gasteiger partial charge in [0.15, 0.2) is 0 Å². The molecule has 2 nitrogen and oxygen atoms in total. The minimum atomic E-state index is -0.111. The van der Waals surface area contributed by atoms with Gasteiger partial charge in [-0.2, -0.15) is 0 Å². The van der Waals surface area contributed by atoms with Crippen LogP contribution >= 0.6 is 0 Å². The van der Waals surface area contributed by atoms with Gasteiger partial charge in [-0.3, -0.25) is 0 Å². The third kappa shape index (κ3) is 3.79. The van der Waals surface area contributed by atoms with Crippen molar-refractivity contribution in [3.05, 3.63) is 35.6 Å². The molecule has 1 aliphatic heterocycles. The predicted molar refractivity (Wildman–Crippen MR) is 66.5 cm³/mol. The first-order valence-corrected chi connectivity index (χ1v) is 6.35. The van der Waals surface area contributed by atoms with Gasteiger partial charge in [-0.15, -0.1) is 0 Å². The van der Waals surface area contributed by atoms with E-state index in [4.69, 9.17) is 4.74 Å². The van der Waals surface area contributed by atoms with Gasteiger partial charge in [-0.25, -0.2) is 4.39 Å². The van der Waals surface area contributed by atoms with Crippen LogP contribution in [0.1, 0.15) is 25.3 Å². The van der Waals surface area contributed by atoms with Crippen LogP contribution in [0, 0.1) is 5.82 Å². The lowest BCUT2D eigenvalue weighted by Gasteiger charge is -2.12. The maximum atomic E-state index is 13.3. The number of benzene rings is 1. The maximum absolute atomic E-state index is 13.3. The molecule has 0 saturated carbocycles. The molecule has 0 aromatic heterocycles. The van der Waals surface area contributed by atoms with Crippen molar-refractivity contribution in [1.82, 2.24) is 5.32 Å². The summed E-state index contributed by atoms with van der Waals surface area (Å²) in [6, 6.07) is 6.95. The highest BCUT2D eigenvalue weighted by Crippen LogP contribution is 2.18. The molecule has 0 radical (unpaired) electrons. The van der Waals surface area contributed by atoms with Crippen LogP contribution in [0.4, 0.5) is 4.39 Å². The molecular weight excluding hydrogens is 217 g/mol. The Morgan fingerprint density at radius 3 is 2.88 bits per heavy atom. The molecule has 0 amide bonds. The van der Waals surface area contributed by atoms with Gasteiger partial charge >= 0.3 is 0 Å². The number of hydrogen-bond donors (Lipinski definition) is 1.